The fourth-order valence-electron chi connectivity index (χ4n) is 8.01. The van der Waals surface area contributed by atoms with Crippen LogP contribution in [0.3, 0.4) is 0 Å². The van der Waals surface area contributed by atoms with Crippen molar-refractivity contribution in [3.8, 4) is 0 Å². The number of rotatable bonds is 2. The number of hydrogen-bond donors (Lipinski definition) is 0. The standard InChI is InChI=1S/C23H27NO2Si/c1-27(2,3)20-16-12-23(14-10-9-13(11-14)18(20)23)19-17(16)21(25)24(22(19)26)15-7-5-4-6-8-15/h4-8,13-14,16-17,19H,9-12H2,1-3H3/t13?,14?,16?,17-,19+,23?/m1/s1. The van der Waals surface area contributed by atoms with Crippen LogP contribution in [0.4, 0.5) is 5.69 Å². The summed E-state index contributed by atoms with van der Waals surface area (Å²) in [4.78, 5) is 28.7. The summed E-state index contributed by atoms with van der Waals surface area (Å²) in [5.74, 6) is 1.68. The lowest BCUT2D eigenvalue weighted by molar-refractivity contribution is -0.124. The molecule has 0 radical (unpaired) electrons. The number of anilines is 1. The Morgan fingerprint density at radius 1 is 1.04 bits per heavy atom. The average molecular weight is 378 g/mol. The zero-order chi connectivity index (χ0) is 18.7. The molecule has 4 bridgehead atoms. The van der Waals surface area contributed by atoms with Crippen molar-refractivity contribution in [1.29, 1.82) is 0 Å². The number of carbonyl (C=O) groups excluding carboxylic acids is 2. The lowest BCUT2D eigenvalue weighted by atomic mass is 9.63. The summed E-state index contributed by atoms with van der Waals surface area (Å²) in [7, 11) is -1.52. The van der Waals surface area contributed by atoms with Gasteiger partial charge in [-0.3, -0.25) is 14.5 Å². The third-order valence-electron chi connectivity index (χ3n) is 8.45. The minimum atomic E-state index is -1.52. The van der Waals surface area contributed by atoms with Crippen molar-refractivity contribution in [3.05, 3.63) is 41.1 Å². The van der Waals surface area contributed by atoms with Gasteiger partial charge in [-0.2, -0.15) is 0 Å². The molecule has 1 aromatic carbocycles. The second kappa shape index (κ2) is 4.83. The summed E-state index contributed by atoms with van der Waals surface area (Å²) < 4.78 is 0. The number of carbonyl (C=O) groups is 2. The van der Waals surface area contributed by atoms with E-state index >= 15 is 0 Å². The molecule has 6 rings (SSSR count). The van der Waals surface area contributed by atoms with E-state index in [0.717, 1.165) is 12.1 Å². The Hall–Kier alpha value is -1.68. The molecule has 0 aromatic heterocycles. The van der Waals surface area contributed by atoms with Crippen molar-refractivity contribution in [3.63, 3.8) is 0 Å². The molecule has 6 atom stereocenters. The highest BCUT2D eigenvalue weighted by molar-refractivity contribution is 6.83. The SMILES string of the molecule is C[Si](C)(C)C1=C2C3CCC(C3)C23CC1[C@H]1C(=O)N(c2ccccc2)C(=O)[C@H]13. The Kier molecular flexibility index (Phi) is 2.91. The molecule has 3 nitrogen and oxygen atoms in total. The maximum Gasteiger partial charge on any atom is 0.238 e. The van der Waals surface area contributed by atoms with Gasteiger partial charge < -0.3 is 0 Å². The van der Waals surface area contributed by atoms with E-state index in [1.807, 2.05) is 30.3 Å². The van der Waals surface area contributed by atoms with E-state index in [0.29, 0.717) is 17.8 Å². The molecule has 3 saturated carbocycles. The van der Waals surface area contributed by atoms with Gasteiger partial charge >= 0.3 is 0 Å². The third kappa shape index (κ3) is 1.70. The lowest BCUT2D eigenvalue weighted by Gasteiger charge is -2.42. The summed E-state index contributed by atoms with van der Waals surface area (Å²) in [6.07, 6.45) is 4.94. The van der Waals surface area contributed by atoms with Crippen molar-refractivity contribution in [2.75, 3.05) is 4.90 Å². The van der Waals surface area contributed by atoms with Crippen molar-refractivity contribution < 1.29 is 9.59 Å². The van der Waals surface area contributed by atoms with Crippen LogP contribution in [0.1, 0.15) is 25.7 Å². The summed E-state index contributed by atoms with van der Waals surface area (Å²) in [6.45, 7) is 7.34. The molecule has 4 aliphatic carbocycles. The Bertz CT molecular complexity index is 914. The number of imide groups is 1. The molecular weight excluding hydrogens is 350 g/mol. The van der Waals surface area contributed by atoms with Crippen LogP contribution >= 0.6 is 0 Å². The number of allylic oxidation sites excluding steroid dienone is 2. The Balaban J connectivity index is 1.54. The Morgan fingerprint density at radius 2 is 1.78 bits per heavy atom. The number of hydrogen-bond acceptors (Lipinski definition) is 2. The number of amides is 2. The summed E-state index contributed by atoms with van der Waals surface area (Å²) in [6, 6.07) is 9.60. The van der Waals surface area contributed by atoms with E-state index in [4.69, 9.17) is 0 Å². The van der Waals surface area contributed by atoms with Crippen molar-refractivity contribution in [2.24, 2.45) is 35.0 Å². The smallest absolute Gasteiger partial charge is 0.238 e. The molecule has 140 valence electrons. The normalized spacial score (nSPS) is 41.7. The van der Waals surface area contributed by atoms with Gasteiger partial charge in [-0.05, 0) is 55.6 Å². The van der Waals surface area contributed by atoms with Crippen LogP contribution in [0.2, 0.25) is 19.6 Å². The predicted octanol–water partition coefficient (Wildman–Crippen LogP) is 4.42. The van der Waals surface area contributed by atoms with E-state index < -0.39 is 8.07 Å². The summed E-state index contributed by atoms with van der Waals surface area (Å²) >= 11 is 0. The highest BCUT2D eigenvalue weighted by Gasteiger charge is 2.76. The van der Waals surface area contributed by atoms with Gasteiger partial charge in [-0.25, -0.2) is 0 Å². The predicted molar refractivity (Wildman–Crippen MR) is 108 cm³/mol. The third-order valence-corrected chi connectivity index (χ3v) is 10.7. The van der Waals surface area contributed by atoms with Gasteiger partial charge in [0.15, 0.2) is 0 Å². The first kappa shape index (κ1) is 16.3. The molecule has 4 fully saturated rings. The van der Waals surface area contributed by atoms with E-state index in [1.165, 1.54) is 19.3 Å². The molecule has 4 heteroatoms. The van der Waals surface area contributed by atoms with E-state index in [9.17, 15) is 9.59 Å². The highest BCUT2D eigenvalue weighted by Crippen LogP contribution is 2.78. The molecule has 1 heterocycles. The fourth-order valence-corrected chi connectivity index (χ4v) is 10.6. The van der Waals surface area contributed by atoms with Crippen LogP contribution in [0.5, 0.6) is 0 Å². The molecule has 1 aromatic rings. The molecule has 2 amide bonds. The van der Waals surface area contributed by atoms with Crippen LogP contribution < -0.4 is 4.90 Å². The second-order valence-electron chi connectivity index (χ2n) is 10.5. The van der Waals surface area contributed by atoms with Gasteiger partial charge in [-0.15, -0.1) is 0 Å². The van der Waals surface area contributed by atoms with Gasteiger partial charge in [0.2, 0.25) is 11.8 Å². The first-order valence-electron chi connectivity index (χ1n) is 10.5. The molecule has 1 saturated heterocycles. The number of para-hydroxylation sites is 1. The summed E-state index contributed by atoms with van der Waals surface area (Å²) in [5, 5.41) is 1.69. The van der Waals surface area contributed by atoms with Crippen molar-refractivity contribution in [2.45, 2.75) is 45.3 Å². The minimum Gasteiger partial charge on any atom is -0.274 e. The average Bonchev–Trinajstić information content (AvgIpc) is 3.38. The van der Waals surface area contributed by atoms with E-state index in [1.54, 1.807) is 15.7 Å². The largest absolute Gasteiger partial charge is 0.274 e. The van der Waals surface area contributed by atoms with Crippen LogP contribution in [-0.2, 0) is 9.59 Å². The maximum absolute atomic E-state index is 13.7. The molecule has 27 heavy (non-hydrogen) atoms. The van der Waals surface area contributed by atoms with Crippen molar-refractivity contribution in [1.82, 2.24) is 0 Å². The number of benzene rings is 1. The zero-order valence-electron chi connectivity index (χ0n) is 16.4. The topological polar surface area (TPSA) is 37.4 Å². The van der Waals surface area contributed by atoms with Gasteiger partial charge in [0.25, 0.3) is 0 Å². The highest BCUT2D eigenvalue weighted by atomic mass is 28.3. The number of fused-ring (bicyclic) bond motifs is 6. The Morgan fingerprint density at radius 3 is 2.48 bits per heavy atom. The molecular formula is C23H27NO2Si. The van der Waals surface area contributed by atoms with Crippen LogP contribution in [0.25, 0.3) is 0 Å². The second-order valence-corrected chi connectivity index (χ2v) is 15.5. The first-order chi connectivity index (χ1) is 12.9. The molecule has 1 spiro atoms. The fraction of sp³-hybridized carbons (Fsp3) is 0.565. The maximum atomic E-state index is 13.7. The van der Waals surface area contributed by atoms with Gasteiger partial charge in [0.1, 0.15) is 0 Å². The van der Waals surface area contributed by atoms with Crippen LogP contribution in [0, 0.1) is 35.0 Å². The molecule has 4 unspecified atom stereocenters. The van der Waals surface area contributed by atoms with Gasteiger partial charge in [0.05, 0.1) is 25.6 Å². The van der Waals surface area contributed by atoms with Gasteiger partial charge in [0, 0.05) is 5.41 Å². The minimum absolute atomic E-state index is 0.0319. The van der Waals surface area contributed by atoms with Crippen LogP contribution in [0.15, 0.2) is 41.1 Å². The molecule has 1 aliphatic heterocycles. The monoisotopic (exact) mass is 377 g/mol. The lowest BCUT2D eigenvalue weighted by Crippen LogP contribution is -2.43. The van der Waals surface area contributed by atoms with Crippen LogP contribution in [-0.4, -0.2) is 19.9 Å². The van der Waals surface area contributed by atoms with Crippen molar-refractivity contribution >= 4 is 25.6 Å². The van der Waals surface area contributed by atoms with Gasteiger partial charge in [-0.1, -0.05) is 48.6 Å². The quantitative estimate of drug-likeness (QED) is 0.565. The van der Waals surface area contributed by atoms with E-state index in [-0.39, 0.29) is 29.1 Å². The molecule has 0 N–H and O–H groups in total. The summed E-state index contributed by atoms with van der Waals surface area (Å²) in [5.41, 5.74) is 2.49. The number of nitrogens with zero attached hydrogens (tertiary/aromatic N) is 1. The zero-order valence-corrected chi connectivity index (χ0v) is 17.4. The first-order valence-corrected chi connectivity index (χ1v) is 14.0. The van der Waals surface area contributed by atoms with E-state index in [2.05, 4.69) is 19.6 Å². The molecule has 5 aliphatic rings. The Labute approximate surface area is 161 Å².